The Morgan fingerprint density at radius 2 is 1.58 bits per heavy atom. The molecule has 19 heavy (non-hydrogen) atoms. The number of aliphatic hydroxyl groups excluding tert-OH is 1. The number of aliphatic hydroxyl groups is 1. The highest BCUT2D eigenvalue weighted by molar-refractivity contribution is 5.22. The fourth-order valence-corrected chi connectivity index (χ4v) is 1.70. The van der Waals surface area contributed by atoms with Gasteiger partial charge in [0.25, 0.3) is 0 Å². The Labute approximate surface area is 113 Å². The van der Waals surface area contributed by atoms with Crippen LogP contribution in [0.4, 0.5) is 4.39 Å². The van der Waals surface area contributed by atoms with Gasteiger partial charge in [-0.15, -0.1) is 0 Å². The largest absolute Gasteiger partial charge is 0.466 e. The van der Waals surface area contributed by atoms with E-state index in [0.717, 1.165) is 43.5 Å². The number of hydrogen-bond acceptors (Lipinski definition) is 2. The van der Waals surface area contributed by atoms with Crippen LogP contribution in [0, 0.1) is 5.82 Å². The van der Waals surface area contributed by atoms with E-state index in [9.17, 15) is 4.39 Å². The molecule has 0 aliphatic heterocycles. The van der Waals surface area contributed by atoms with E-state index in [1.165, 1.54) is 12.1 Å². The monoisotopic (exact) mass is 268 g/mol. The maximum atomic E-state index is 12.7. The lowest BCUT2D eigenvalue weighted by Crippen LogP contribution is -1.86. The fourth-order valence-electron chi connectivity index (χ4n) is 1.70. The van der Waals surface area contributed by atoms with Crippen LogP contribution in [0.3, 0.4) is 0 Å². The maximum absolute atomic E-state index is 12.7. The average Bonchev–Trinajstić information content (AvgIpc) is 2.83. The van der Waals surface area contributed by atoms with Gasteiger partial charge in [-0.1, -0.05) is 19.1 Å². The minimum Gasteiger partial charge on any atom is -0.466 e. The number of hydrogen-bond donors (Lipinski definition) is 1. The number of furan rings is 1. The summed E-state index contributed by atoms with van der Waals surface area (Å²) in [5.41, 5.74) is 1.07. The minimum atomic E-state index is -0.199. The lowest BCUT2D eigenvalue weighted by Gasteiger charge is -1.98. The van der Waals surface area contributed by atoms with Gasteiger partial charge < -0.3 is 15.0 Å². The summed E-state index contributed by atoms with van der Waals surface area (Å²) in [5.74, 6) is 1.77. The van der Waals surface area contributed by atoms with Crippen LogP contribution in [0.25, 0.3) is 0 Å². The van der Waals surface area contributed by atoms with Gasteiger partial charge in [-0.2, -0.15) is 0 Å². The Morgan fingerprint density at radius 1 is 1.00 bits per heavy atom. The van der Waals surface area contributed by atoms with Crippen molar-refractivity contribution in [2.75, 3.05) is 7.11 Å². The first kappa shape index (κ1) is 17.4. The molecular weight excluding hydrogens is 247 g/mol. The molecule has 0 aliphatic rings. The van der Waals surface area contributed by atoms with Crippen LogP contribution in [0.5, 0.6) is 0 Å². The Balaban J connectivity index is 0.00000103. The average molecular weight is 268 g/mol. The van der Waals surface area contributed by atoms with Gasteiger partial charge in [0.15, 0.2) is 0 Å². The predicted molar refractivity (Wildman–Crippen MR) is 73.7 cm³/mol. The summed E-state index contributed by atoms with van der Waals surface area (Å²) >= 11 is 0. The van der Waals surface area contributed by atoms with Crippen molar-refractivity contribution in [3.05, 3.63) is 59.3 Å². The highest BCUT2D eigenvalue weighted by atomic mass is 19.1. The van der Waals surface area contributed by atoms with E-state index in [1.807, 2.05) is 12.1 Å². The van der Waals surface area contributed by atoms with E-state index in [-0.39, 0.29) is 11.3 Å². The zero-order chi connectivity index (χ0) is 13.4. The summed E-state index contributed by atoms with van der Waals surface area (Å²) in [4.78, 5) is 0. The fraction of sp³-hybridized carbons (Fsp3) is 0.333. The highest BCUT2D eigenvalue weighted by Crippen LogP contribution is 2.14. The Hall–Kier alpha value is -1.65. The van der Waals surface area contributed by atoms with E-state index in [0.29, 0.717) is 0 Å². The quantitative estimate of drug-likeness (QED) is 0.926. The molecule has 4 heteroatoms. The SMILES string of the molecule is CCCc1ccc(Cc2ccc(F)cc2)o1.CO.O. The zero-order valence-electron chi connectivity index (χ0n) is 11.3. The molecule has 0 aliphatic carbocycles. The van der Waals surface area contributed by atoms with E-state index in [1.54, 1.807) is 12.1 Å². The van der Waals surface area contributed by atoms with Crippen LogP contribution in [0.1, 0.15) is 30.4 Å². The van der Waals surface area contributed by atoms with Crippen molar-refractivity contribution >= 4 is 0 Å². The molecule has 1 aromatic heterocycles. The van der Waals surface area contributed by atoms with Gasteiger partial charge in [-0.3, -0.25) is 0 Å². The molecule has 2 aromatic rings. The van der Waals surface area contributed by atoms with Crippen molar-refractivity contribution in [3.63, 3.8) is 0 Å². The van der Waals surface area contributed by atoms with Crippen LogP contribution < -0.4 is 0 Å². The van der Waals surface area contributed by atoms with Gasteiger partial charge in [-0.25, -0.2) is 4.39 Å². The summed E-state index contributed by atoms with van der Waals surface area (Å²) in [6.45, 7) is 2.13. The Bertz CT molecular complexity index is 449. The molecule has 0 radical (unpaired) electrons. The molecule has 0 unspecified atom stereocenters. The second-order valence-electron chi connectivity index (χ2n) is 3.92. The molecule has 3 N–H and O–H groups in total. The molecular formula is C15H21FO3. The maximum Gasteiger partial charge on any atom is 0.123 e. The van der Waals surface area contributed by atoms with Gasteiger partial charge in [-0.05, 0) is 36.2 Å². The molecule has 0 saturated carbocycles. The van der Waals surface area contributed by atoms with Crippen molar-refractivity contribution in [2.45, 2.75) is 26.2 Å². The second-order valence-corrected chi connectivity index (χ2v) is 3.92. The van der Waals surface area contributed by atoms with E-state index in [4.69, 9.17) is 9.52 Å². The molecule has 2 rings (SSSR count). The third-order valence-corrected chi connectivity index (χ3v) is 2.51. The first-order valence-corrected chi connectivity index (χ1v) is 6.04. The van der Waals surface area contributed by atoms with Crippen LogP contribution in [-0.2, 0) is 12.8 Å². The lowest BCUT2D eigenvalue weighted by atomic mass is 10.1. The standard InChI is InChI=1S/C14H15FO.CH4O.H2O/c1-2-3-13-8-9-14(16-13)10-11-4-6-12(15)7-5-11;1-2;/h4-9H,2-3,10H2,1H3;2H,1H3;1H2. The summed E-state index contributed by atoms with van der Waals surface area (Å²) < 4.78 is 18.4. The third kappa shape index (κ3) is 5.68. The number of halogens is 1. The van der Waals surface area contributed by atoms with E-state index in [2.05, 4.69) is 6.92 Å². The summed E-state index contributed by atoms with van der Waals surface area (Å²) in [6.07, 6.45) is 2.79. The molecule has 1 aromatic carbocycles. The number of aryl methyl sites for hydroxylation is 1. The van der Waals surface area contributed by atoms with Crippen molar-refractivity contribution in [3.8, 4) is 0 Å². The number of rotatable bonds is 4. The van der Waals surface area contributed by atoms with Crippen molar-refractivity contribution in [1.82, 2.24) is 0 Å². The highest BCUT2D eigenvalue weighted by Gasteiger charge is 2.02. The summed E-state index contributed by atoms with van der Waals surface area (Å²) in [7, 11) is 1.00. The molecule has 0 atom stereocenters. The van der Waals surface area contributed by atoms with Gasteiger partial charge in [0.2, 0.25) is 0 Å². The molecule has 0 amide bonds. The Kier molecular flexibility index (Phi) is 8.49. The number of benzene rings is 1. The molecule has 0 saturated heterocycles. The van der Waals surface area contributed by atoms with Crippen LogP contribution in [0.2, 0.25) is 0 Å². The van der Waals surface area contributed by atoms with Crippen molar-refractivity contribution in [1.29, 1.82) is 0 Å². The Morgan fingerprint density at radius 3 is 2.16 bits per heavy atom. The molecule has 0 bridgehead atoms. The predicted octanol–water partition coefficient (Wildman–Crippen LogP) is 2.75. The van der Waals surface area contributed by atoms with Crippen molar-refractivity contribution < 1.29 is 19.4 Å². The van der Waals surface area contributed by atoms with Gasteiger partial charge >= 0.3 is 0 Å². The van der Waals surface area contributed by atoms with Gasteiger partial charge in [0.05, 0.1) is 0 Å². The van der Waals surface area contributed by atoms with Crippen LogP contribution in [0.15, 0.2) is 40.8 Å². The van der Waals surface area contributed by atoms with Gasteiger partial charge in [0, 0.05) is 20.0 Å². The normalized spacial score (nSPS) is 9.26. The summed E-state index contributed by atoms with van der Waals surface area (Å²) in [6, 6.07) is 10.5. The minimum absolute atomic E-state index is 0. The van der Waals surface area contributed by atoms with Gasteiger partial charge in [0.1, 0.15) is 17.3 Å². The molecule has 0 spiro atoms. The first-order valence-electron chi connectivity index (χ1n) is 6.04. The van der Waals surface area contributed by atoms with E-state index >= 15 is 0 Å². The first-order chi connectivity index (χ1) is 8.78. The smallest absolute Gasteiger partial charge is 0.123 e. The second kappa shape index (κ2) is 9.30. The molecule has 1 heterocycles. The topological polar surface area (TPSA) is 64.9 Å². The molecule has 0 fully saturated rings. The van der Waals surface area contributed by atoms with Crippen molar-refractivity contribution in [2.24, 2.45) is 0 Å². The van der Waals surface area contributed by atoms with E-state index < -0.39 is 0 Å². The summed E-state index contributed by atoms with van der Waals surface area (Å²) in [5, 5.41) is 7.00. The zero-order valence-corrected chi connectivity index (χ0v) is 11.3. The molecule has 106 valence electrons. The third-order valence-electron chi connectivity index (χ3n) is 2.51. The van der Waals surface area contributed by atoms with Crippen LogP contribution in [-0.4, -0.2) is 17.7 Å². The lowest BCUT2D eigenvalue weighted by molar-refractivity contribution is 0.399. The molecule has 3 nitrogen and oxygen atoms in total. The van der Waals surface area contributed by atoms with Crippen LogP contribution >= 0.6 is 0 Å².